The minimum atomic E-state index is -1.04. The maximum atomic E-state index is 11.5. The molecule has 26 heavy (non-hydrogen) atoms. The number of carbonyl (C=O) groups is 2. The van der Waals surface area contributed by atoms with Gasteiger partial charge in [-0.15, -0.1) is 0 Å². The first-order chi connectivity index (χ1) is 12.5. The van der Waals surface area contributed by atoms with Gasteiger partial charge in [-0.2, -0.15) is 0 Å². The molecule has 0 radical (unpaired) electrons. The average Bonchev–Trinajstić information content (AvgIpc) is 2.89. The fourth-order valence-corrected chi connectivity index (χ4v) is 3.46. The van der Waals surface area contributed by atoms with Crippen molar-refractivity contribution in [3.8, 4) is 0 Å². The van der Waals surface area contributed by atoms with Crippen molar-refractivity contribution in [1.29, 1.82) is 0 Å². The summed E-state index contributed by atoms with van der Waals surface area (Å²) < 4.78 is 5.15. The number of aliphatic hydroxyl groups is 1. The second kappa shape index (κ2) is 12.9. The monoisotopic (exact) mass is 368 g/mol. The minimum absolute atomic E-state index is 0.142. The summed E-state index contributed by atoms with van der Waals surface area (Å²) in [4.78, 5) is 22.7. The number of rotatable bonds is 15. The lowest BCUT2D eigenvalue weighted by atomic mass is 10.00. The fraction of sp³-hybridized carbons (Fsp3) is 0.810. The Kier molecular flexibility index (Phi) is 11.3. The number of cyclic esters (lactones) is 1. The first-order valence-corrected chi connectivity index (χ1v) is 10.2. The standard InChI is InChI=1S/C21H36O5/c1-16(15-22)13-11-9-7-5-3-4-6-8-10-12-14-18-19(20(23)24)17(2)21(25)26-18/h16,18,22H,3-15H2,1-2H3,(H,23,24). The lowest BCUT2D eigenvalue weighted by Gasteiger charge is -2.11. The van der Waals surface area contributed by atoms with Crippen LogP contribution in [-0.4, -0.2) is 34.9 Å². The van der Waals surface area contributed by atoms with Gasteiger partial charge in [0, 0.05) is 12.2 Å². The van der Waals surface area contributed by atoms with Crippen molar-refractivity contribution < 1.29 is 24.5 Å². The Morgan fingerprint density at radius 3 is 2.00 bits per heavy atom. The summed E-state index contributed by atoms with van der Waals surface area (Å²) in [6.45, 7) is 3.92. The molecule has 0 bridgehead atoms. The number of carboxylic acids is 1. The van der Waals surface area contributed by atoms with Crippen LogP contribution >= 0.6 is 0 Å². The molecule has 0 aromatic carbocycles. The van der Waals surface area contributed by atoms with Crippen LogP contribution in [0.4, 0.5) is 0 Å². The molecule has 0 amide bonds. The Hall–Kier alpha value is -1.36. The van der Waals surface area contributed by atoms with Gasteiger partial charge < -0.3 is 14.9 Å². The first kappa shape index (κ1) is 22.7. The van der Waals surface area contributed by atoms with Crippen molar-refractivity contribution in [3.05, 3.63) is 11.1 Å². The number of aliphatic hydroxyl groups excluding tert-OH is 1. The molecule has 150 valence electrons. The molecular formula is C21H36O5. The number of unbranched alkanes of at least 4 members (excludes halogenated alkanes) is 9. The highest BCUT2D eigenvalue weighted by atomic mass is 16.5. The van der Waals surface area contributed by atoms with E-state index in [2.05, 4.69) is 6.92 Å². The van der Waals surface area contributed by atoms with Gasteiger partial charge in [-0.1, -0.05) is 64.7 Å². The van der Waals surface area contributed by atoms with Crippen molar-refractivity contribution in [3.63, 3.8) is 0 Å². The smallest absolute Gasteiger partial charge is 0.335 e. The van der Waals surface area contributed by atoms with E-state index >= 15 is 0 Å². The highest BCUT2D eigenvalue weighted by Gasteiger charge is 2.35. The summed E-state index contributed by atoms with van der Waals surface area (Å²) in [7, 11) is 0. The third-order valence-electron chi connectivity index (χ3n) is 5.24. The fourth-order valence-electron chi connectivity index (χ4n) is 3.46. The summed E-state index contributed by atoms with van der Waals surface area (Å²) in [6.07, 6.45) is 13.1. The molecule has 0 aliphatic carbocycles. The van der Waals surface area contributed by atoms with Crippen molar-refractivity contribution in [2.75, 3.05) is 6.61 Å². The Balaban J connectivity index is 1.96. The first-order valence-electron chi connectivity index (χ1n) is 10.2. The normalized spacial score (nSPS) is 18.3. The van der Waals surface area contributed by atoms with Crippen LogP contribution in [0.25, 0.3) is 0 Å². The maximum Gasteiger partial charge on any atom is 0.335 e. The molecule has 0 spiro atoms. The van der Waals surface area contributed by atoms with Crippen LogP contribution in [0, 0.1) is 5.92 Å². The summed E-state index contributed by atoms with van der Waals surface area (Å²) >= 11 is 0. The molecule has 2 unspecified atom stereocenters. The van der Waals surface area contributed by atoms with Crippen LogP contribution in [0.15, 0.2) is 11.1 Å². The summed E-state index contributed by atoms with van der Waals surface area (Å²) in [5.74, 6) is -1.09. The van der Waals surface area contributed by atoms with Crippen LogP contribution in [0.5, 0.6) is 0 Å². The van der Waals surface area contributed by atoms with E-state index < -0.39 is 18.0 Å². The van der Waals surface area contributed by atoms with E-state index in [1.807, 2.05) is 0 Å². The Labute approximate surface area is 157 Å². The van der Waals surface area contributed by atoms with E-state index in [9.17, 15) is 14.7 Å². The van der Waals surface area contributed by atoms with Gasteiger partial charge in [0.2, 0.25) is 0 Å². The van der Waals surface area contributed by atoms with E-state index in [4.69, 9.17) is 9.84 Å². The van der Waals surface area contributed by atoms with Crippen LogP contribution in [0.1, 0.15) is 90.9 Å². The van der Waals surface area contributed by atoms with Gasteiger partial charge >= 0.3 is 11.9 Å². The predicted molar refractivity (Wildman–Crippen MR) is 102 cm³/mol. The molecule has 2 atom stereocenters. The quantitative estimate of drug-likeness (QED) is 0.325. The maximum absolute atomic E-state index is 11.5. The van der Waals surface area contributed by atoms with Gasteiger partial charge in [-0.3, -0.25) is 0 Å². The summed E-state index contributed by atoms with van der Waals surface area (Å²) in [5.41, 5.74) is 0.386. The van der Waals surface area contributed by atoms with E-state index in [1.54, 1.807) is 0 Å². The topological polar surface area (TPSA) is 83.8 Å². The number of aliphatic carboxylic acids is 1. The van der Waals surface area contributed by atoms with E-state index in [1.165, 1.54) is 51.9 Å². The Morgan fingerprint density at radius 1 is 1.00 bits per heavy atom. The second-order valence-electron chi connectivity index (χ2n) is 7.64. The van der Waals surface area contributed by atoms with Crippen LogP contribution in [0.3, 0.4) is 0 Å². The number of ether oxygens (including phenoxy) is 1. The SMILES string of the molecule is CC1=C(C(=O)O)C(CCCCCCCCCCCCC(C)CO)OC1=O. The third kappa shape index (κ3) is 8.35. The zero-order valence-corrected chi connectivity index (χ0v) is 16.5. The van der Waals surface area contributed by atoms with Gasteiger partial charge in [0.25, 0.3) is 0 Å². The van der Waals surface area contributed by atoms with Gasteiger partial charge in [-0.05, 0) is 32.1 Å². The number of carbonyl (C=O) groups excluding carboxylic acids is 1. The highest BCUT2D eigenvalue weighted by Crippen LogP contribution is 2.27. The van der Waals surface area contributed by atoms with Crippen molar-refractivity contribution in [1.82, 2.24) is 0 Å². The van der Waals surface area contributed by atoms with Gasteiger partial charge in [0.15, 0.2) is 0 Å². The van der Waals surface area contributed by atoms with Crippen LogP contribution in [-0.2, 0) is 14.3 Å². The molecule has 1 aliphatic heterocycles. The van der Waals surface area contributed by atoms with Crippen molar-refractivity contribution >= 4 is 11.9 Å². The van der Waals surface area contributed by atoms with Gasteiger partial charge in [0.1, 0.15) is 6.10 Å². The summed E-state index contributed by atoms with van der Waals surface area (Å²) in [6, 6.07) is 0. The minimum Gasteiger partial charge on any atom is -0.478 e. The molecular weight excluding hydrogens is 332 g/mol. The molecule has 0 aromatic heterocycles. The third-order valence-corrected chi connectivity index (χ3v) is 5.24. The Bertz CT molecular complexity index is 469. The van der Waals surface area contributed by atoms with Crippen molar-refractivity contribution in [2.45, 2.75) is 97.0 Å². The summed E-state index contributed by atoms with van der Waals surface area (Å²) in [5, 5.41) is 18.2. The highest BCUT2D eigenvalue weighted by molar-refractivity contribution is 6.03. The molecule has 0 saturated heterocycles. The van der Waals surface area contributed by atoms with Gasteiger partial charge in [0.05, 0.1) is 5.57 Å². The predicted octanol–water partition coefficient (Wildman–Crippen LogP) is 4.62. The average molecular weight is 369 g/mol. The number of carboxylic acid groups (broad SMARTS) is 1. The molecule has 1 heterocycles. The van der Waals surface area contributed by atoms with E-state index in [0.717, 1.165) is 25.7 Å². The largest absolute Gasteiger partial charge is 0.478 e. The lowest BCUT2D eigenvalue weighted by Crippen LogP contribution is -2.17. The molecule has 0 aromatic rings. The molecule has 5 heteroatoms. The molecule has 1 aliphatic rings. The zero-order valence-electron chi connectivity index (χ0n) is 16.5. The Morgan fingerprint density at radius 2 is 1.50 bits per heavy atom. The van der Waals surface area contributed by atoms with E-state index in [-0.39, 0.29) is 11.1 Å². The van der Waals surface area contributed by atoms with Crippen molar-refractivity contribution in [2.24, 2.45) is 5.92 Å². The lowest BCUT2D eigenvalue weighted by molar-refractivity contribution is -0.140. The molecule has 0 saturated carbocycles. The second-order valence-corrected chi connectivity index (χ2v) is 7.64. The molecule has 1 rings (SSSR count). The molecule has 2 N–H and O–H groups in total. The van der Waals surface area contributed by atoms with E-state index in [0.29, 0.717) is 18.9 Å². The molecule has 5 nitrogen and oxygen atoms in total. The van der Waals surface area contributed by atoms with Crippen LogP contribution in [0.2, 0.25) is 0 Å². The van der Waals surface area contributed by atoms with Gasteiger partial charge in [-0.25, -0.2) is 9.59 Å². The zero-order chi connectivity index (χ0) is 19.4. The number of hydrogen-bond donors (Lipinski definition) is 2. The number of hydrogen-bond acceptors (Lipinski definition) is 4. The van der Waals surface area contributed by atoms with Crippen LogP contribution < -0.4 is 0 Å². The number of esters is 1. The molecule has 0 fully saturated rings.